The van der Waals surface area contributed by atoms with Gasteiger partial charge in [0.2, 0.25) is 0 Å². The molecule has 1 unspecified atom stereocenters. The van der Waals surface area contributed by atoms with Gasteiger partial charge in [-0.3, -0.25) is 0 Å². The van der Waals surface area contributed by atoms with Gasteiger partial charge in [0.1, 0.15) is 0 Å². The minimum atomic E-state index is -1.27. The van der Waals surface area contributed by atoms with Gasteiger partial charge in [-0.2, -0.15) is 5.26 Å². The smallest absolute Gasteiger partial charge is 0.168 e. The fourth-order valence-electron chi connectivity index (χ4n) is 0.879. The summed E-state index contributed by atoms with van der Waals surface area (Å²) in [6.45, 7) is 0. The van der Waals surface area contributed by atoms with E-state index in [1.165, 1.54) is 0 Å². The first-order valence-corrected chi connectivity index (χ1v) is 5.12. The number of aliphatic hydroxyl groups excluding tert-OH is 1. The van der Waals surface area contributed by atoms with Crippen LogP contribution in [0.4, 0.5) is 0 Å². The summed E-state index contributed by atoms with van der Waals surface area (Å²) >= 11 is 13.7. The molecular formula is C8H4Cl2INO. The Bertz CT molecular complexity index is 352. The second-order valence-corrected chi connectivity index (χ2v) is 4.37. The third-order valence-electron chi connectivity index (χ3n) is 1.44. The largest absolute Gasteiger partial charge is 0.374 e. The van der Waals surface area contributed by atoms with Crippen LogP contribution in [0.25, 0.3) is 0 Å². The van der Waals surface area contributed by atoms with Gasteiger partial charge in [-0.15, -0.1) is 0 Å². The van der Waals surface area contributed by atoms with Crippen molar-refractivity contribution in [1.82, 2.24) is 0 Å². The summed E-state index contributed by atoms with van der Waals surface area (Å²) < 4.78 is 0.862. The molecule has 1 N–H and O–H groups in total. The molecule has 0 amide bonds. The fraction of sp³-hybridized carbons (Fsp3) is 0.125. The summed E-state index contributed by atoms with van der Waals surface area (Å²) in [5.74, 6) is 0. The predicted molar refractivity (Wildman–Crippen MR) is 59.8 cm³/mol. The van der Waals surface area contributed by atoms with Crippen LogP contribution in [0.1, 0.15) is 11.7 Å². The maximum atomic E-state index is 9.25. The van der Waals surface area contributed by atoms with E-state index in [2.05, 4.69) is 0 Å². The van der Waals surface area contributed by atoms with Gasteiger partial charge in [0.25, 0.3) is 0 Å². The topological polar surface area (TPSA) is 44.0 Å². The van der Waals surface area contributed by atoms with Gasteiger partial charge in [-0.25, -0.2) is 0 Å². The van der Waals surface area contributed by atoms with Crippen LogP contribution in [0, 0.1) is 14.9 Å². The molecule has 0 saturated heterocycles. The zero-order valence-electron chi connectivity index (χ0n) is 6.26. The van der Waals surface area contributed by atoms with Crippen LogP contribution >= 0.6 is 45.8 Å². The molecule has 1 atom stereocenters. The third-order valence-corrected chi connectivity index (χ3v) is 2.69. The highest BCUT2D eigenvalue weighted by atomic mass is 127. The van der Waals surface area contributed by atoms with E-state index in [0.717, 1.165) is 3.57 Å². The van der Waals surface area contributed by atoms with Crippen LogP contribution in [-0.2, 0) is 0 Å². The SMILES string of the molecule is N#CC(O)c1c(Cl)cc(I)cc1Cl. The monoisotopic (exact) mass is 327 g/mol. The Labute approximate surface area is 99.2 Å². The van der Waals surface area contributed by atoms with Crippen molar-refractivity contribution in [3.05, 3.63) is 31.3 Å². The zero-order chi connectivity index (χ0) is 10.0. The van der Waals surface area contributed by atoms with Crippen LogP contribution < -0.4 is 0 Å². The Balaban J connectivity index is 3.30. The zero-order valence-corrected chi connectivity index (χ0v) is 9.93. The van der Waals surface area contributed by atoms with Gasteiger partial charge in [-0.1, -0.05) is 23.2 Å². The number of aliphatic hydroxyl groups is 1. The van der Waals surface area contributed by atoms with Crippen LogP contribution in [0.5, 0.6) is 0 Å². The van der Waals surface area contributed by atoms with E-state index >= 15 is 0 Å². The highest BCUT2D eigenvalue weighted by Crippen LogP contribution is 2.31. The Kier molecular flexibility index (Phi) is 3.80. The molecule has 0 spiro atoms. The number of hydrogen-bond acceptors (Lipinski definition) is 2. The first-order chi connectivity index (χ1) is 6.06. The molecule has 0 aromatic heterocycles. The van der Waals surface area contributed by atoms with Crippen molar-refractivity contribution in [2.75, 3.05) is 0 Å². The van der Waals surface area contributed by atoms with E-state index in [0.29, 0.717) is 10.0 Å². The Morgan fingerprint density at radius 1 is 1.38 bits per heavy atom. The minimum absolute atomic E-state index is 0.270. The van der Waals surface area contributed by atoms with Crippen molar-refractivity contribution in [1.29, 1.82) is 5.26 Å². The maximum Gasteiger partial charge on any atom is 0.168 e. The molecule has 0 saturated carbocycles. The first-order valence-electron chi connectivity index (χ1n) is 3.28. The molecule has 1 aromatic rings. The number of nitriles is 1. The van der Waals surface area contributed by atoms with Gasteiger partial charge >= 0.3 is 0 Å². The molecule has 1 rings (SSSR count). The molecule has 5 heteroatoms. The molecule has 1 aromatic carbocycles. The molecule has 0 aliphatic carbocycles. The van der Waals surface area contributed by atoms with Crippen LogP contribution in [0.2, 0.25) is 10.0 Å². The summed E-state index contributed by atoms with van der Waals surface area (Å²) in [4.78, 5) is 0. The second-order valence-electron chi connectivity index (χ2n) is 2.31. The third kappa shape index (κ3) is 2.47. The number of halogens is 3. The highest BCUT2D eigenvalue weighted by Gasteiger charge is 2.15. The van der Waals surface area contributed by atoms with Crippen molar-refractivity contribution in [3.63, 3.8) is 0 Å². The molecule has 0 fully saturated rings. The van der Waals surface area contributed by atoms with Crippen LogP contribution in [0.3, 0.4) is 0 Å². The molecule has 0 aliphatic rings. The maximum absolute atomic E-state index is 9.25. The molecule has 13 heavy (non-hydrogen) atoms. The second kappa shape index (κ2) is 4.47. The lowest BCUT2D eigenvalue weighted by atomic mass is 10.1. The average Bonchev–Trinajstić information content (AvgIpc) is 2.02. The van der Waals surface area contributed by atoms with Gasteiger partial charge in [-0.05, 0) is 34.7 Å². The fourth-order valence-corrected chi connectivity index (χ4v) is 2.56. The number of benzene rings is 1. The molecule has 0 radical (unpaired) electrons. The Morgan fingerprint density at radius 2 is 1.85 bits per heavy atom. The van der Waals surface area contributed by atoms with Crippen molar-refractivity contribution in [2.24, 2.45) is 0 Å². The minimum Gasteiger partial charge on any atom is -0.374 e. The normalized spacial score (nSPS) is 12.2. The van der Waals surface area contributed by atoms with Gasteiger partial charge in [0, 0.05) is 19.2 Å². The van der Waals surface area contributed by atoms with E-state index in [1.807, 2.05) is 22.6 Å². The van der Waals surface area contributed by atoms with Crippen LogP contribution in [-0.4, -0.2) is 5.11 Å². The van der Waals surface area contributed by atoms with E-state index < -0.39 is 6.10 Å². The number of rotatable bonds is 1. The van der Waals surface area contributed by atoms with Crippen molar-refractivity contribution >= 4 is 45.8 Å². The first kappa shape index (κ1) is 11.1. The standard InChI is InChI=1S/C8H4Cl2INO/c9-5-1-4(11)2-6(10)8(5)7(13)3-12/h1-2,7,13H. The van der Waals surface area contributed by atoms with Crippen molar-refractivity contribution in [3.8, 4) is 6.07 Å². The Hall–Kier alpha value is -0.0200. The molecule has 0 bridgehead atoms. The van der Waals surface area contributed by atoms with E-state index in [-0.39, 0.29) is 5.56 Å². The molecule has 2 nitrogen and oxygen atoms in total. The summed E-state index contributed by atoms with van der Waals surface area (Å²) in [5.41, 5.74) is 0.270. The van der Waals surface area contributed by atoms with Crippen LogP contribution in [0.15, 0.2) is 12.1 Å². The molecule has 0 aliphatic heterocycles. The van der Waals surface area contributed by atoms with Crippen molar-refractivity contribution < 1.29 is 5.11 Å². The van der Waals surface area contributed by atoms with Gasteiger partial charge in [0.15, 0.2) is 6.10 Å². The lowest BCUT2D eigenvalue weighted by Crippen LogP contribution is -1.96. The lowest BCUT2D eigenvalue weighted by Gasteiger charge is -2.07. The highest BCUT2D eigenvalue weighted by molar-refractivity contribution is 14.1. The lowest BCUT2D eigenvalue weighted by molar-refractivity contribution is 0.236. The average molecular weight is 328 g/mol. The summed E-state index contributed by atoms with van der Waals surface area (Å²) in [7, 11) is 0. The van der Waals surface area contributed by atoms with E-state index in [1.54, 1.807) is 18.2 Å². The summed E-state index contributed by atoms with van der Waals surface area (Å²) in [6.07, 6.45) is -1.27. The van der Waals surface area contributed by atoms with Gasteiger partial charge < -0.3 is 5.11 Å². The quantitative estimate of drug-likeness (QED) is 0.636. The summed E-state index contributed by atoms with van der Waals surface area (Å²) in [5, 5.41) is 18.4. The Morgan fingerprint density at radius 3 is 2.23 bits per heavy atom. The number of nitrogens with zero attached hydrogens (tertiary/aromatic N) is 1. The number of hydrogen-bond donors (Lipinski definition) is 1. The van der Waals surface area contributed by atoms with Crippen molar-refractivity contribution in [2.45, 2.75) is 6.10 Å². The van der Waals surface area contributed by atoms with E-state index in [9.17, 15) is 5.11 Å². The van der Waals surface area contributed by atoms with E-state index in [4.69, 9.17) is 28.5 Å². The van der Waals surface area contributed by atoms with Gasteiger partial charge in [0.05, 0.1) is 6.07 Å². The molecular weight excluding hydrogens is 324 g/mol. The predicted octanol–water partition coefficient (Wildman–Crippen LogP) is 3.15. The molecule has 0 heterocycles. The molecule has 68 valence electrons. The summed E-state index contributed by atoms with van der Waals surface area (Å²) in [6, 6.07) is 4.95.